The van der Waals surface area contributed by atoms with E-state index in [0.29, 0.717) is 19.5 Å². The number of fused-ring (bicyclic) bond motifs is 1. The third-order valence-corrected chi connectivity index (χ3v) is 4.97. The largest absolute Gasteiger partial charge is 0.497 e. The van der Waals surface area contributed by atoms with Crippen LogP contribution >= 0.6 is 0 Å². The predicted molar refractivity (Wildman–Crippen MR) is 100 cm³/mol. The number of amides is 1. The van der Waals surface area contributed by atoms with Gasteiger partial charge in [-0.05, 0) is 23.3 Å². The highest BCUT2D eigenvalue weighted by Crippen LogP contribution is 2.14. The van der Waals surface area contributed by atoms with Crippen LogP contribution < -0.4 is 15.0 Å². The normalized spacial score (nSPS) is 18.3. The molecular formula is C21H25N2O4+. The Hall–Kier alpha value is -2.86. The first-order valence-electron chi connectivity index (χ1n) is 8.99. The van der Waals surface area contributed by atoms with E-state index in [-0.39, 0.29) is 24.5 Å². The second kappa shape index (κ2) is 8.68. The first-order chi connectivity index (χ1) is 13.1. The van der Waals surface area contributed by atoms with E-state index in [2.05, 4.69) is 11.4 Å². The number of benzene rings is 2. The van der Waals surface area contributed by atoms with Crippen LogP contribution in [0.3, 0.4) is 0 Å². The lowest BCUT2D eigenvalue weighted by atomic mass is 9.94. The van der Waals surface area contributed by atoms with Gasteiger partial charge in [-0.15, -0.1) is 0 Å². The van der Waals surface area contributed by atoms with Crippen LogP contribution in [0.1, 0.15) is 16.7 Å². The lowest BCUT2D eigenvalue weighted by Gasteiger charge is -2.31. The zero-order valence-corrected chi connectivity index (χ0v) is 15.7. The van der Waals surface area contributed by atoms with Crippen molar-refractivity contribution >= 4 is 11.9 Å². The highest BCUT2D eigenvalue weighted by molar-refractivity contribution is 5.78. The number of carbonyl (C=O) groups is 2. The molecule has 1 unspecified atom stereocenters. The Balaban J connectivity index is 1.62. The van der Waals surface area contributed by atoms with Gasteiger partial charge in [0.25, 0.3) is 5.91 Å². The summed E-state index contributed by atoms with van der Waals surface area (Å²) in [7, 11) is 3.01. The molecule has 1 amide bonds. The SMILES string of the molecule is COC(=O)[C@H]1Cc2ccccc2C[NH+]1CC(=O)NCc1ccc(OC)cc1. The molecule has 0 aromatic heterocycles. The summed E-state index contributed by atoms with van der Waals surface area (Å²) >= 11 is 0. The summed E-state index contributed by atoms with van der Waals surface area (Å²) in [6.07, 6.45) is 0.587. The van der Waals surface area contributed by atoms with Gasteiger partial charge in [-0.1, -0.05) is 36.4 Å². The van der Waals surface area contributed by atoms with Gasteiger partial charge in [0.15, 0.2) is 12.6 Å². The van der Waals surface area contributed by atoms with Gasteiger partial charge in [0.1, 0.15) is 12.3 Å². The molecule has 1 heterocycles. The molecule has 2 aromatic rings. The van der Waals surface area contributed by atoms with Gasteiger partial charge in [-0.3, -0.25) is 4.79 Å². The van der Waals surface area contributed by atoms with E-state index >= 15 is 0 Å². The standard InChI is InChI=1S/C21H24N2O4/c1-26-18-9-7-15(8-10-18)12-22-20(24)14-23-13-17-6-4-3-5-16(17)11-19(23)21(25)27-2/h3-10,19H,11-14H2,1-2H3,(H,22,24)/p+1/t19-/m1/s1. The maximum Gasteiger partial charge on any atom is 0.365 e. The van der Waals surface area contributed by atoms with Crippen LogP contribution in [0.5, 0.6) is 5.75 Å². The van der Waals surface area contributed by atoms with Crippen molar-refractivity contribution in [2.45, 2.75) is 25.6 Å². The monoisotopic (exact) mass is 369 g/mol. The van der Waals surface area contributed by atoms with Gasteiger partial charge < -0.3 is 19.7 Å². The Morgan fingerprint density at radius 3 is 2.44 bits per heavy atom. The molecule has 0 spiro atoms. The number of rotatable bonds is 6. The molecule has 0 saturated carbocycles. The fourth-order valence-corrected chi connectivity index (χ4v) is 3.45. The average molecular weight is 369 g/mol. The molecule has 2 atom stereocenters. The summed E-state index contributed by atoms with van der Waals surface area (Å²) in [4.78, 5) is 25.6. The van der Waals surface area contributed by atoms with Crippen molar-refractivity contribution in [3.05, 3.63) is 65.2 Å². The quantitative estimate of drug-likeness (QED) is 0.728. The summed E-state index contributed by atoms with van der Waals surface area (Å²) in [5.74, 6) is 0.416. The van der Waals surface area contributed by atoms with E-state index in [1.54, 1.807) is 7.11 Å². The lowest BCUT2D eigenvalue weighted by molar-refractivity contribution is -0.924. The van der Waals surface area contributed by atoms with Crippen molar-refractivity contribution in [2.24, 2.45) is 0 Å². The molecule has 0 aliphatic carbocycles. The molecule has 0 bridgehead atoms. The topological polar surface area (TPSA) is 69.1 Å². The highest BCUT2D eigenvalue weighted by Gasteiger charge is 2.36. The van der Waals surface area contributed by atoms with Crippen LogP contribution in [0.2, 0.25) is 0 Å². The van der Waals surface area contributed by atoms with Crippen LogP contribution in [-0.4, -0.2) is 38.7 Å². The number of nitrogens with one attached hydrogen (secondary N) is 2. The second-order valence-corrected chi connectivity index (χ2v) is 6.69. The number of hydrogen-bond donors (Lipinski definition) is 2. The van der Waals surface area contributed by atoms with Crippen LogP contribution in [-0.2, 0) is 33.8 Å². The third-order valence-electron chi connectivity index (χ3n) is 4.97. The molecule has 1 aliphatic rings. The van der Waals surface area contributed by atoms with E-state index in [1.807, 2.05) is 42.5 Å². The summed E-state index contributed by atoms with van der Waals surface area (Å²) < 4.78 is 10.1. The zero-order valence-electron chi connectivity index (χ0n) is 15.7. The van der Waals surface area contributed by atoms with E-state index < -0.39 is 0 Å². The number of esters is 1. The van der Waals surface area contributed by atoms with Gasteiger partial charge in [-0.2, -0.15) is 0 Å². The third kappa shape index (κ3) is 4.65. The van der Waals surface area contributed by atoms with E-state index in [1.165, 1.54) is 12.7 Å². The molecule has 0 saturated heterocycles. The minimum atomic E-state index is -0.364. The molecule has 27 heavy (non-hydrogen) atoms. The fraction of sp³-hybridized carbons (Fsp3) is 0.333. The first kappa shape index (κ1) is 18.9. The number of carbonyl (C=O) groups excluding carboxylic acids is 2. The van der Waals surface area contributed by atoms with Crippen molar-refractivity contribution in [3.8, 4) is 5.75 Å². The Kier molecular flexibility index (Phi) is 6.08. The summed E-state index contributed by atoms with van der Waals surface area (Å²) in [6.45, 7) is 1.30. The Morgan fingerprint density at radius 1 is 1.07 bits per heavy atom. The summed E-state index contributed by atoms with van der Waals surface area (Å²) in [5, 5.41) is 2.93. The molecule has 0 radical (unpaired) electrons. The number of methoxy groups -OCH3 is 2. The number of hydrogen-bond acceptors (Lipinski definition) is 4. The summed E-state index contributed by atoms with van der Waals surface area (Å²) in [5.41, 5.74) is 3.32. The van der Waals surface area contributed by atoms with Gasteiger partial charge in [0, 0.05) is 18.5 Å². The Bertz CT molecular complexity index is 804. The molecule has 0 fully saturated rings. The fourth-order valence-electron chi connectivity index (χ4n) is 3.45. The molecular weight excluding hydrogens is 344 g/mol. The zero-order chi connectivity index (χ0) is 19.2. The first-order valence-corrected chi connectivity index (χ1v) is 8.99. The Labute approximate surface area is 159 Å². The van der Waals surface area contributed by atoms with Crippen molar-refractivity contribution in [3.63, 3.8) is 0 Å². The maximum atomic E-state index is 12.5. The highest BCUT2D eigenvalue weighted by atomic mass is 16.5. The molecule has 6 nitrogen and oxygen atoms in total. The minimum Gasteiger partial charge on any atom is -0.497 e. The van der Waals surface area contributed by atoms with E-state index in [4.69, 9.17) is 9.47 Å². The number of quaternary nitrogens is 1. The van der Waals surface area contributed by atoms with Crippen molar-refractivity contribution in [2.75, 3.05) is 20.8 Å². The van der Waals surface area contributed by atoms with Crippen molar-refractivity contribution < 1.29 is 24.0 Å². The minimum absolute atomic E-state index is 0.0888. The van der Waals surface area contributed by atoms with E-state index in [9.17, 15) is 9.59 Å². The average Bonchev–Trinajstić information content (AvgIpc) is 2.71. The number of ether oxygens (including phenoxy) is 2. The second-order valence-electron chi connectivity index (χ2n) is 6.69. The van der Waals surface area contributed by atoms with E-state index in [0.717, 1.165) is 21.8 Å². The smallest absolute Gasteiger partial charge is 0.365 e. The van der Waals surface area contributed by atoms with Crippen LogP contribution in [0.15, 0.2) is 48.5 Å². The predicted octanol–water partition coefficient (Wildman–Crippen LogP) is 0.494. The summed E-state index contributed by atoms with van der Waals surface area (Å²) in [6, 6.07) is 15.2. The van der Waals surface area contributed by atoms with Crippen molar-refractivity contribution in [1.29, 1.82) is 0 Å². The van der Waals surface area contributed by atoms with Gasteiger partial charge in [-0.25, -0.2) is 4.79 Å². The van der Waals surface area contributed by atoms with Gasteiger partial charge >= 0.3 is 5.97 Å². The molecule has 1 aliphatic heterocycles. The van der Waals surface area contributed by atoms with Gasteiger partial charge in [0.05, 0.1) is 14.2 Å². The molecule has 142 valence electrons. The maximum absolute atomic E-state index is 12.5. The van der Waals surface area contributed by atoms with Crippen LogP contribution in [0.4, 0.5) is 0 Å². The molecule has 3 rings (SSSR count). The Morgan fingerprint density at radius 2 is 1.78 bits per heavy atom. The van der Waals surface area contributed by atoms with Crippen LogP contribution in [0, 0.1) is 0 Å². The molecule has 2 N–H and O–H groups in total. The molecule has 6 heteroatoms. The molecule has 2 aromatic carbocycles. The lowest BCUT2D eigenvalue weighted by Crippen LogP contribution is -3.17. The van der Waals surface area contributed by atoms with Crippen molar-refractivity contribution in [1.82, 2.24) is 5.32 Å². The van der Waals surface area contributed by atoms with Crippen LogP contribution in [0.25, 0.3) is 0 Å². The van der Waals surface area contributed by atoms with Gasteiger partial charge in [0.2, 0.25) is 0 Å².